The van der Waals surface area contributed by atoms with Crippen molar-refractivity contribution in [2.24, 2.45) is 0 Å². The lowest BCUT2D eigenvalue weighted by Gasteiger charge is -2.39. The van der Waals surface area contributed by atoms with Gasteiger partial charge in [-0.3, -0.25) is 9.59 Å². The lowest BCUT2D eigenvalue weighted by atomic mass is 9.91. The van der Waals surface area contributed by atoms with Gasteiger partial charge in [0.1, 0.15) is 0 Å². The summed E-state index contributed by atoms with van der Waals surface area (Å²) < 4.78 is 177. The SMILES string of the molecule is O=C(CF)C(=O)CCC(F)(F)C(F)(F)C(F)(F)C(F)(F)C(F)(F)C(F)(F)F. The highest BCUT2D eigenvalue weighted by Gasteiger charge is 2.90. The molecule has 0 aromatic heterocycles. The van der Waals surface area contributed by atoms with Crippen LogP contribution in [-0.2, 0) is 9.59 Å². The number of hydrogen-bond acceptors (Lipinski definition) is 2. The van der Waals surface area contributed by atoms with Crippen molar-refractivity contribution in [3.8, 4) is 0 Å². The van der Waals surface area contributed by atoms with E-state index in [2.05, 4.69) is 0 Å². The first-order valence-corrected chi connectivity index (χ1v) is 6.19. The van der Waals surface area contributed by atoms with Crippen molar-refractivity contribution in [2.75, 3.05) is 6.67 Å². The van der Waals surface area contributed by atoms with E-state index in [0.717, 1.165) is 0 Å². The van der Waals surface area contributed by atoms with Crippen molar-refractivity contribution in [3.63, 3.8) is 0 Å². The molecule has 0 bridgehead atoms. The van der Waals surface area contributed by atoms with Gasteiger partial charge >= 0.3 is 35.8 Å². The lowest BCUT2D eigenvalue weighted by Crippen LogP contribution is -2.70. The molecule has 0 amide bonds. The summed E-state index contributed by atoms with van der Waals surface area (Å²) in [6.45, 7) is -2.12. The van der Waals surface area contributed by atoms with E-state index in [0.29, 0.717) is 0 Å². The third kappa shape index (κ3) is 3.97. The summed E-state index contributed by atoms with van der Waals surface area (Å²) in [5.41, 5.74) is 0. The van der Waals surface area contributed by atoms with Gasteiger partial charge in [-0.25, -0.2) is 4.39 Å². The zero-order valence-corrected chi connectivity index (χ0v) is 12.2. The van der Waals surface area contributed by atoms with Gasteiger partial charge in [-0.05, 0) is 0 Å². The Labute approximate surface area is 139 Å². The highest BCUT2D eigenvalue weighted by atomic mass is 19.4. The average molecular weight is 436 g/mol. The summed E-state index contributed by atoms with van der Waals surface area (Å²) >= 11 is 0. The third-order valence-electron chi connectivity index (χ3n) is 3.10. The summed E-state index contributed by atoms with van der Waals surface area (Å²) in [5, 5.41) is 0. The summed E-state index contributed by atoms with van der Waals surface area (Å²) in [6, 6.07) is 0. The topological polar surface area (TPSA) is 34.1 Å². The van der Waals surface area contributed by atoms with Gasteiger partial charge < -0.3 is 0 Å². The highest BCUT2D eigenvalue weighted by Crippen LogP contribution is 2.60. The van der Waals surface area contributed by atoms with E-state index in [-0.39, 0.29) is 0 Å². The van der Waals surface area contributed by atoms with Crippen molar-refractivity contribution in [2.45, 2.75) is 48.6 Å². The Kier molecular flexibility index (Phi) is 6.64. The molecule has 160 valence electrons. The molecule has 0 aliphatic heterocycles. The zero-order chi connectivity index (χ0) is 22.3. The molecular formula is C11H6F14O2. The Morgan fingerprint density at radius 1 is 0.556 bits per heavy atom. The largest absolute Gasteiger partial charge is 0.460 e. The standard InChI is InChI=1S/C11H6F14O2/c12-3-5(27)4(26)1-2-6(13,14)7(15,16)8(17,18)9(19,20)10(21,22)11(23,24)25/h1-3H2. The van der Waals surface area contributed by atoms with Gasteiger partial charge in [0.05, 0.1) is 0 Å². The molecule has 0 aliphatic rings. The number of Topliss-reactive ketones (excluding diaryl/α,β-unsaturated/α-hetero) is 2. The number of ketones is 2. The Morgan fingerprint density at radius 2 is 0.926 bits per heavy atom. The van der Waals surface area contributed by atoms with Crippen LogP contribution in [-0.4, -0.2) is 54.0 Å². The molecule has 0 aromatic carbocycles. The van der Waals surface area contributed by atoms with Crippen LogP contribution in [0, 0.1) is 0 Å². The van der Waals surface area contributed by atoms with Gasteiger partial charge in [0.25, 0.3) is 0 Å². The molecule has 0 spiro atoms. The Morgan fingerprint density at radius 3 is 1.26 bits per heavy atom. The lowest BCUT2D eigenvalue weighted by molar-refractivity contribution is -0.440. The fraction of sp³-hybridized carbons (Fsp3) is 0.818. The van der Waals surface area contributed by atoms with Gasteiger partial charge in [0, 0.05) is 12.8 Å². The Bertz CT molecular complexity index is 576. The summed E-state index contributed by atoms with van der Waals surface area (Å²) in [6.07, 6.45) is -12.5. The fourth-order valence-corrected chi connectivity index (χ4v) is 1.44. The Balaban J connectivity index is 5.94. The Hall–Kier alpha value is -1.64. The van der Waals surface area contributed by atoms with Crippen LogP contribution in [0.5, 0.6) is 0 Å². The average Bonchev–Trinajstić information content (AvgIpc) is 2.49. The number of alkyl halides is 14. The number of carbonyl (C=O) groups is 2. The second-order valence-electron chi connectivity index (χ2n) is 4.98. The van der Waals surface area contributed by atoms with Crippen molar-refractivity contribution in [1.29, 1.82) is 0 Å². The van der Waals surface area contributed by atoms with E-state index < -0.39 is 66.9 Å². The van der Waals surface area contributed by atoms with E-state index in [1.807, 2.05) is 0 Å². The van der Waals surface area contributed by atoms with Crippen molar-refractivity contribution in [1.82, 2.24) is 0 Å². The number of rotatable bonds is 9. The maximum absolute atomic E-state index is 13.2. The smallest absolute Gasteiger partial charge is 0.291 e. The predicted molar refractivity (Wildman–Crippen MR) is 56.0 cm³/mol. The van der Waals surface area contributed by atoms with Crippen LogP contribution in [0.1, 0.15) is 12.8 Å². The zero-order valence-electron chi connectivity index (χ0n) is 12.2. The van der Waals surface area contributed by atoms with E-state index >= 15 is 0 Å². The normalized spacial score (nSPS) is 15.0. The van der Waals surface area contributed by atoms with Crippen LogP contribution < -0.4 is 0 Å². The minimum atomic E-state index is -8.04. The maximum atomic E-state index is 13.2. The summed E-state index contributed by atoms with van der Waals surface area (Å²) in [4.78, 5) is 21.1. The molecule has 0 radical (unpaired) electrons. The fourth-order valence-electron chi connectivity index (χ4n) is 1.44. The van der Waals surface area contributed by atoms with Crippen LogP contribution in [0.4, 0.5) is 61.5 Å². The minimum absolute atomic E-state index is 2.09. The first-order chi connectivity index (χ1) is 11.6. The van der Waals surface area contributed by atoms with E-state index in [9.17, 15) is 71.1 Å². The molecular weight excluding hydrogens is 430 g/mol. The van der Waals surface area contributed by atoms with Crippen LogP contribution in [0.2, 0.25) is 0 Å². The molecule has 0 saturated heterocycles. The quantitative estimate of drug-likeness (QED) is 0.391. The highest BCUT2D eigenvalue weighted by molar-refractivity contribution is 6.37. The molecule has 0 fully saturated rings. The van der Waals surface area contributed by atoms with E-state index in [4.69, 9.17) is 0 Å². The van der Waals surface area contributed by atoms with Gasteiger partial charge in [-0.2, -0.15) is 57.1 Å². The number of halogens is 14. The molecule has 0 rings (SSSR count). The van der Waals surface area contributed by atoms with Gasteiger partial charge in [-0.15, -0.1) is 0 Å². The molecule has 0 saturated carbocycles. The predicted octanol–water partition coefficient (Wildman–Crippen LogP) is 4.61. The first kappa shape index (κ1) is 25.4. The maximum Gasteiger partial charge on any atom is 0.460 e. The second kappa shape index (κ2) is 7.07. The molecule has 2 nitrogen and oxygen atoms in total. The number of carbonyl (C=O) groups excluding carboxylic acids is 2. The number of hydrogen-bond donors (Lipinski definition) is 0. The van der Waals surface area contributed by atoms with Gasteiger partial charge in [0.15, 0.2) is 6.67 Å². The van der Waals surface area contributed by atoms with E-state index in [1.165, 1.54) is 0 Å². The van der Waals surface area contributed by atoms with Crippen LogP contribution in [0.3, 0.4) is 0 Å². The minimum Gasteiger partial charge on any atom is -0.291 e. The van der Waals surface area contributed by atoms with E-state index in [1.54, 1.807) is 0 Å². The molecule has 27 heavy (non-hydrogen) atoms. The molecule has 0 aliphatic carbocycles. The molecule has 16 heteroatoms. The van der Waals surface area contributed by atoms with Crippen LogP contribution in [0.15, 0.2) is 0 Å². The van der Waals surface area contributed by atoms with Crippen molar-refractivity contribution >= 4 is 11.6 Å². The molecule has 0 N–H and O–H groups in total. The van der Waals surface area contributed by atoms with Crippen LogP contribution in [0.25, 0.3) is 0 Å². The van der Waals surface area contributed by atoms with Crippen LogP contribution >= 0.6 is 0 Å². The second-order valence-corrected chi connectivity index (χ2v) is 4.98. The molecule has 0 unspecified atom stereocenters. The molecule has 0 heterocycles. The monoisotopic (exact) mass is 436 g/mol. The van der Waals surface area contributed by atoms with Crippen molar-refractivity contribution in [3.05, 3.63) is 0 Å². The summed E-state index contributed by atoms with van der Waals surface area (Å²) in [7, 11) is 0. The molecule has 0 atom stereocenters. The van der Waals surface area contributed by atoms with Gasteiger partial charge in [-0.1, -0.05) is 0 Å². The first-order valence-electron chi connectivity index (χ1n) is 6.19. The third-order valence-corrected chi connectivity index (χ3v) is 3.10. The van der Waals surface area contributed by atoms with Crippen molar-refractivity contribution < 1.29 is 71.1 Å². The molecule has 0 aromatic rings. The van der Waals surface area contributed by atoms with Gasteiger partial charge in [0.2, 0.25) is 11.6 Å². The summed E-state index contributed by atoms with van der Waals surface area (Å²) in [5.74, 6) is -42.1.